The Bertz CT molecular complexity index is 946. The molecule has 0 radical (unpaired) electrons. The van der Waals surface area contributed by atoms with E-state index in [9.17, 15) is 30.8 Å². The maximum absolute atomic E-state index is 13.2. The molecule has 2 rings (SSSR count). The molecule has 0 bridgehead atoms. The average Bonchev–Trinajstić information content (AvgIpc) is 2.61. The Hall–Kier alpha value is -2.86. The van der Waals surface area contributed by atoms with Crippen molar-refractivity contribution in [1.82, 2.24) is 4.31 Å². The van der Waals surface area contributed by atoms with Crippen LogP contribution < -0.4 is 14.4 Å². The second-order valence-corrected chi connectivity index (χ2v) is 7.96. The van der Waals surface area contributed by atoms with Gasteiger partial charge in [0.15, 0.2) is 0 Å². The van der Waals surface area contributed by atoms with E-state index in [0.29, 0.717) is 0 Å². The fourth-order valence-corrected chi connectivity index (χ4v) is 3.24. The van der Waals surface area contributed by atoms with Crippen molar-refractivity contribution in [2.75, 3.05) is 30.3 Å². The third kappa shape index (κ3) is 6.32. The molecule has 0 fully saturated rings. The van der Waals surface area contributed by atoms with Crippen LogP contribution in [0, 0.1) is 5.82 Å². The number of amides is 1. The van der Waals surface area contributed by atoms with Gasteiger partial charge in [-0.05, 0) is 48.5 Å². The summed E-state index contributed by atoms with van der Waals surface area (Å²) in [5.41, 5.74) is 0.190. The zero-order valence-corrected chi connectivity index (χ0v) is 16.1. The Kier molecular flexibility index (Phi) is 6.69. The molecule has 0 aliphatic carbocycles. The zero-order chi connectivity index (χ0) is 21.8. The molecule has 0 saturated heterocycles. The average molecular weight is 435 g/mol. The van der Waals surface area contributed by atoms with Crippen LogP contribution in [0.25, 0.3) is 0 Å². The molecule has 1 N–H and O–H groups in total. The lowest BCUT2D eigenvalue weighted by atomic mass is 10.3. The van der Waals surface area contributed by atoms with E-state index in [0.717, 1.165) is 32.9 Å². The summed E-state index contributed by atoms with van der Waals surface area (Å²) in [6.45, 7) is -0.646. The molecule has 1 amide bonds. The standard InChI is InChI=1S/C17H17F4N3O4S/c1-23(2)29(26,27)24(14-7-3-12(18)4-8-14)11-16(25)22-13-5-9-15(10-6-13)28-17(19,20)21/h3-10H,11H2,1-2H3,(H,22,25). The van der Waals surface area contributed by atoms with Crippen molar-refractivity contribution in [3.8, 4) is 5.75 Å². The molecule has 0 aliphatic heterocycles. The number of nitrogens with zero attached hydrogens (tertiary/aromatic N) is 2. The number of ether oxygens (including phenoxy) is 1. The second kappa shape index (κ2) is 8.66. The number of halogens is 4. The molecule has 7 nitrogen and oxygen atoms in total. The van der Waals surface area contributed by atoms with Gasteiger partial charge in [-0.25, -0.2) is 8.70 Å². The number of hydrogen-bond acceptors (Lipinski definition) is 4. The summed E-state index contributed by atoms with van der Waals surface area (Å²) in [4.78, 5) is 12.3. The second-order valence-electron chi connectivity index (χ2n) is 5.89. The Morgan fingerprint density at radius 2 is 1.59 bits per heavy atom. The molecular formula is C17H17F4N3O4S. The van der Waals surface area contributed by atoms with Crippen LogP contribution in [0.3, 0.4) is 0 Å². The third-order valence-corrected chi connectivity index (χ3v) is 5.33. The first kappa shape index (κ1) is 22.4. The van der Waals surface area contributed by atoms with Crippen LogP contribution in [-0.4, -0.2) is 45.6 Å². The van der Waals surface area contributed by atoms with Gasteiger partial charge in [0.1, 0.15) is 18.1 Å². The van der Waals surface area contributed by atoms with Crippen LogP contribution in [0.5, 0.6) is 5.75 Å². The molecule has 2 aromatic rings. The monoisotopic (exact) mass is 435 g/mol. The number of carbonyl (C=O) groups is 1. The Morgan fingerprint density at radius 1 is 1.03 bits per heavy atom. The number of benzene rings is 2. The van der Waals surface area contributed by atoms with Gasteiger partial charge in [-0.2, -0.15) is 12.7 Å². The highest BCUT2D eigenvalue weighted by Crippen LogP contribution is 2.24. The first-order chi connectivity index (χ1) is 13.4. The summed E-state index contributed by atoms with van der Waals surface area (Å²) >= 11 is 0. The van der Waals surface area contributed by atoms with Crippen molar-refractivity contribution in [2.45, 2.75) is 6.36 Å². The van der Waals surface area contributed by atoms with Crippen molar-refractivity contribution in [3.63, 3.8) is 0 Å². The number of nitrogens with one attached hydrogen (secondary N) is 1. The number of anilines is 2. The van der Waals surface area contributed by atoms with Crippen molar-refractivity contribution in [1.29, 1.82) is 0 Å². The summed E-state index contributed by atoms with van der Waals surface area (Å²) in [6, 6.07) is 8.83. The number of carbonyl (C=O) groups excluding carboxylic acids is 1. The van der Waals surface area contributed by atoms with Crippen LogP contribution in [0.15, 0.2) is 48.5 Å². The number of hydrogen-bond donors (Lipinski definition) is 1. The minimum atomic E-state index is -4.85. The lowest BCUT2D eigenvalue weighted by molar-refractivity contribution is -0.274. The molecule has 0 spiro atoms. The molecule has 0 saturated carbocycles. The number of alkyl halides is 3. The fourth-order valence-electron chi connectivity index (χ4n) is 2.18. The Balaban J connectivity index is 2.17. The maximum Gasteiger partial charge on any atom is 0.573 e. The first-order valence-corrected chi connectivity index (χ1v) is 9.39. The summed E-state index contributed by atoms with van der Waals surface area (Å²) in [5, 5.41) is 2.38. The normalized spacial score (nSPS) is 12.0. The smallest absolute Gasteiger partial charge is 0.406 e. The first-order valence-electron chi connectivity index (χ1n) is 8.00. The predicted octanol–water partition coefficient (Wildman–Crippen LogP) is 2.98. The van der Waals surface area contributed by atoms with Crippen molar-refractivity contribution in [3.05, 3.63) is 54.3 Å². The molecule has 0 aliphatic rings. The molecule has 2 aromatic carbocycles. The number of rotatable bonds is 7. The molecule has 0 heterocycles. The van der Waals surface area contributed by atoms with Crippen LogP contribution in [0.1, 0.15) is 0 Å². The lowest BCUT2D eigenvalue weighted by Gasteiger charge is -2.26. The van der Waals surface area contributed by atoms with E-state index in [1.54, 1.807) is 0 Å². The predicted molar refractivity (Wildman–Crippen MR) is 98.1 cm³/mol. The van der Waals surface area contributed by atoms with Crippen molar-refractivity contribution < 1.29 is 35.5 Å². The Morgan fingerprint density at radius 3 is 2.07 bits per heavy atom. The van der Waals surface area contributed by atoms with Gasteiger partial charge >= 0.3 is 16.6 Å². The highest BCUT2D eigenvalue weighted by Gasteiger charge is 2.31. The summed E-state index contributed by atoms with van der Waals surface area (Å²) < 4.78 is 80.1. The van der Waals surface area contributed by atoms with Gasteiger partial charge in [0.25, 0.3) is 0 Å². The topological polar surface area (TPSA) is 79.0 Å². The van der Waals surface area contributed by atoms with Gasteiger partial charge in [0.05, 0.1) is 5.69 Å². The minimum Gasteiger partial charge on any atom is -0.406 e. The largest absolute Gasteiger partial charge is 0.573 e. The SMILES string of the molecule is CN(C)S(=O)(=O)N(CC(=O)Nc1ccc(OC(F)(F)F)cc1)c1ccc(F)cc1. The van der Waals surface area contributed by atoms with Gasteiger partial charge < -0.3 is 10.1 Å². The van der Waals surface area contributed by atoms with Crippen LogP contribution in [-0.2, 0) is 15.0 Å². The van der Waals surface area contributed by atoms with Gasteiger partial charge in [-0.1, -0.05) is 0 Å². The van der Waals surface area contributed by atoms with Crippen LogP contribution in [0.2, 0.25) is 0 Å². The molecule has 0 unspecified atom stereocenters. The van der Waals surface area contributed by atoms with Gasteiger partial charge in [0, 0.05) is 19.8 Å². The van der Waals surface area contributed by atoms with E-state index in [1.165, 1.54) is 38.4 Å². The van der Waals surface area contributed by atoms with E-state index in [4.69, 9.17) is 0 Å². The summed E-state index contributed by atoms with van der Waals surface area (Å²) in [7, 11) is -1.55. The van der Waals surface area contributed by atoms with Gasteiger partial charge in [-0.3, -0.25) is 4.79 Å². The lowest BCUT2D eigenvalue weighted by Crippen LogP contribution is -2.44. The maximum atomic E-state index is 13.2. The quantitative estimate of drug-likeness (QED) is 0.679. The van der Waals surface area contributed by atoms with E-state index in [2.05, 4.69) is 10.1 Å². The molecule has 0 atom stereocenters. The van der Waals surface area contributed by atoms with E-state index in [1.807, 2.05) is 0 Å². The van der Waals surface area contributed by atoms with Crippen molar-refractivity contribution >= 4 is 27.5 Å². The van der Waals surface area contributed by atoms with E-state index in [-0.39, 0.29) is 11.4 Å². The van der Waals surface area contributed by atoms with Gasteiger partial charge in [-0.15, -0.1) is 13.2 Å². The molecule has 29 heavy (non-hydrogen) atoms. The van der Waals surface area contributed by atoms with Crippen LogP contribution in [0.4, 0.5) is 28.9 Å². The molecule has 0 aromatic heterocycles. The van der Waals surface area contributed by atoms with E-state index < -0.39 is 40.6 Å². The van der Waals surface area contributed by atoms with Gasteiger partial charge in [0.2, 0.25) is 5.91 Å². The fraction of sp³-hybridized carbons (Fsp3) is 0.235. The summed E-state index contributed by atoms with van der Waals surface area (Å²) in [6.07, 6.45) is -4.85. The van der Waals surface area contributed by atoms with Crippen LogP contribution >= 0.6 is 0 Å². The zero-order valence-electron chi connectivity index (χ0n) is 15.3. The Labute approximate surface area is 164 Å². The summed E-state index contributed by atoms with van der Waals surface area (Å²) in [5.74, 6) is -1.82. The molecule has 12 heteroatoms. The molecule has 158 valence electrons. The van der Waals surface area contributed by atoms with E-state index >= 15 is 0 Å². The van der Waals surface area contributed by atoms with Crippen molar-refractivity contribution in [2.24, 2.45) is 0 Å². The third-order valence-electron chi connectivity index (χ3n) is 3.51. The minimum absolute atomic E-state index is 0.0594. The molecular weight excluding hydrogens is 418 g/mol. The highest BCUT2D eigenvalue weighted by atomic mass is 32.2. The highest BCUT2D eigenvalue weighted by molar-refractivity contribution is 7.90.